The molecule has 0 radical (unpaired) electrons. The van der Waals surface area contributed by atoms with Crippen LogP contribution in [-0.2, 0) is 25.9 Å². The molecule has 2 N–H and O–H groups in total. The molecule has 10 heteroatoms. The Balaban J connectivity index is 0.000000322. The number of rotatable bonds is 10. The van der Waals surface area contributed by atoms with Crippen molar-refractivity contribution in [1.82, 2.24) is 35.3 Å². The fourth-order valence-corrected chi connectivity index (χ4v) is 4.83. The van der Waals surface area contributed by atoms with E-state index < -0.39 is 0 Å². The molecular weight excluding hydrogens is 554 g/mol. The number of hydrogen-bond donors (Lipinski definition) is 2. The summed E-state index contributed by atoms with van der Waals surface area (Å²) in [6.07, 6.45) is 6.47. The summed E-state index contributed by atoms with van der Waals surface area (Å²) in [7, 11) is 3.25. The molecule has 0 aliphatic carbocycles. The predicted molar refractivity (Wildman–Crippen MR) is 169 cm³/mol. The van der Waals surface area contributed by atoms with Crippen LogP contribution in [0.2, 0.25) is 0 Å². The largest absolute Gasteiger partial charge is 0.497 e. The van der Waals surface area contributed by atoms with Gasteiger partial charge >= 0.3 is 0 Å². The molecule has 3 aromatic carbocycles. The van der Waals surface area contributed by atoms with Gasteiger partial charge in [0.2, 0.25) is 0 Å². The van der Waals surface area contributed by atoms with Crippen molar-refractivity contribution in [3.63, 3.8) is 0 Å². The van der Waals surface area contributed by atoms with E-state index in [2.05, 4.69) is 68.0 Å². The highest BCUT2D eigenvalue weighted by Crippen LogP contribution is 2.26. The molecule has 6 aromatic rings. The Bertz CT molecular complexity index is 1800. The molecule has 0 saturated heterocycles. The molecule has 44 heavy (non-hydrogen) atoms. The van der Waals surface area contributed by atoms with Crippen molar-refractivity contribution in [3.05, 3.63) is 131 Å². The normalized spacial score (nSPS) is 10.6. The van der Waals surface area contributed by atoms with E-state index in [4.69, 9.17) is 9.47 Å². The van der Waals surface area contributed by atoms with E-state index in [1.54, 1.807) is 20.3 Å². The van der Waals surface area contributed by atoms with Gasteiger partial charge in [-0.2, -0.15) is 10.2 Å². The first-order valence-electron chi connectivity index (χ1n) is 14.3. The van der Waals surface area contributed by atoms with Crippen molar-refractivity contribution < 1.29 is 14.3 Å². The summed E-state index contributed by atoms with van der Waals surface area (Å²) in [6.45, 7) is 2.82. The van der Waals surface area contributed by atoms with E-state index in [0.29, 0.717) is 35.9 Å². The van der Waals surface area contributed by atoms with Crippen molar-refractivity contribution in [2.45, 2.75) is 32.9 Å². The van der Waals surface area contributed by atoms with Gasteiger partial charge in [0.15, 0.2) is 5.82 Å². The van der Waals surface area contributed by atoms with Crippen LogP contribution in [0.4, 0.5) is 0 Å². The molecule has 0 bridgehead atoms. The van der Waals surface area contributed by atoms with Gasteiger partial charge in [-0.05, 0) is 48.7 Å². The number of nitrogens with one attached hydrogen (secondary N) is 2. The molecule has 6 rings (SSSR count). The number of nitrogens with zero attached hydrogens (tertiary/aromatic N) is 5. The molecule has 0 aliphatic rings. The van der Waals surface area contributed by atoms with Gasteiger partial charge in [0.05, 0.1) is 45.3 Å². The summed E-state index contributed by atoms with van der Waals surface area (Å²) in [4.78, 5) is 15.7. The van der Waals surface area contributed by atoms with E-state index in [9.17, 15) is 4.79 Å². The summed E-state index contributed by atoms with van der Waals surface area (Å²) in [5.41, 5.74) is 5.15. The third kappa shape index (κ3) is 7.46. The lowest BCUT2D eigenvalue weighted by Crippen LogP contribution is -2.25. The van der Waals surface area contributed by atoms with Crippen molar-refractivity contribution >= 4 is 16.8 Å². The highest BCUT2D eigenvalue weighted by atomic mass is 16.5. The van der Waals surface area contributed by atoms with Crippen LogP contribution in [0.25, 0.3) is 10.9 Å². The summed E-state index contributed by atoms with van der Waals surface area (Å²) in [5.74, 6) is 2.65. The molecule has 0 saturated carbocycles. The fraction of sp³-hybridized carbons (Fsp3) is 0.206. The summed E-state index contributed by atoms with van der Waals surface area (Å²) in [5, 5.41) is 20.5. The summed E-state index contributed by atoms with van der Waals surface area (Å²) < 4.78 is 12.9. The zero-order chi connectivity index (χ0) is 30.7. The number of benzene rings is 3. The summed E-state index contributed by atoms with van der Waals surface area (Å²) >= 11 is 0. The average Bonchev–Trinajstić information content (AvgIpc) is 3.66. The fourth-order valence-electron chi connectivity index (χ4n) is 4.83. The second-order valence-electron chi connectivity index (χ2n) is 10.1. The van der Waals surface area contributed by atoms with Crippen molar-refractivity contribution in [3.8, 4) is 11.5 Å². The highest BCUT2D eigenvalue weighted by molar-refractivity contribution is 5.93. The number of amides is 1. The van der Waals surface area contributed by atoms with Crippen molar-refractivity contribution in [1.29, 1.82) is 0 Å². The second-order valence-corrected chi connectivity index (χ2v) is 10.1. The molecule has 224 valence electrons. The van der Waals surface area contributed by atoms with Gasteiger partial charge in [0, 0.05) is 35.2 Å². The molecule has 3 heterocycles. The van der Waals surface area contributed by atoms with E-state index in [1.807, 2.05) is 53.2 Å². The molecule has 0 unspecified atom stereocenters. The van der Waals surface area contributed by atoms with Crippen LogP contribution >= 0.6 is 0 Å². The van der Waals surface area contributed by atoms with Gasteiger partial charge in [0.25, 0.3) is 5.91 Å². The zero-order valence-corrected chi connectivity index (χ0v) is 25.0. The maximum absolute atomic E-state index is 12.5. The van der Waals surface area contributed by atoms with Crippen LogP contribution in [0.1, 0.15) is 38.7 Å². The monoisotopic (exact) mass is 589 g/mol. The van der Waals surface area contributed by atoms with Gasteiger partial charge in [-0.25, -0.2) is 0 Å². The molecule has 0 aliphatic heterocycles. The molecular formula is C34H35N7O3. The Morgan fingerprint density at radius 3 is 2.43 bits per heavy atom. The van der Waals surface area contributed by atoms with Crippen LogP contribution in [-0.4, -0.2) is 50.1 Å². The Labute approximate surface area is 256 Å². The molecule has 0 spiro atoms. The first-order valence-corrected chi connectivity index (χ1v) is 14.3. The quantitative estimate of drug-likeness (QED) is 0.222. The number of para-hydroxylation sites is 1. The number of H-pyrrole nitrogens is 1. The van der Waals surface area contributed by atoms with Crippen molar-refractivity contribution in [2.24, 2.45) is 0 Å². The van der Waals surface area contributed by atoms with Gasteiger partial charge in [0.1, 0.15) is 17.3 Å². The number of carbonyl (C=O) groups excluding carboxylic acids is 1. The third-order valence-corrected chi connectivity index (χ3v) is 7.26. The van der Waals surface area contributed by atoms with E-state index in [1.165, 1.54) is 34.4 Å². The average molecular weight is 590 g/mol. The minimum atomic E-state index is -0.252. The highest BCUT2D eigenvalue weighted by Gasteiger charge is 2.16. The number of hydrogen-bond acceptors (Lipinski definition) is 7. The first-order chi connectivity index (χ1) is 21.6. The maximum atomic E-state index is 12.5. The Hall–Kier alpha value is -5.51. The van der Waals surface area contributed by atoms with Crippen molar-refractivity contribution in [2.75, 3.05) is 14.2 Å². The number of methoxy groups -OCH3 is 2. The van der Waals surface area contributed by atoms with E-state index in [0.717, 1.165) is 17.8 Å². The number of aryl methyl sites for hydroxylation is 3. The van der Waals surface area contributed by atoms with E-state index in [-0.39, 0.29) is 12.5 Å². The lowest BCUT2D eigenvalue weighted by Gasteiger charge is -2.15. The molecule has 3 aromatic heterocycles. The molecule has 10 nitrogen and oxygen atoms in total. The van der Waals surface area contributed by atoms with Crippen LogP contribution < -0.4 is 14.8 Å². The Morgan fingerprint density at radius 2 is 1.68 bits per heavy atom. The summed E-state index contributed by atoms with van der Waals surface area (Å²) in [6, 6.07) is 25.9. The van der Waals surface area contributed by atoms with Crippen LogP contribution in [0.3, 0.4) is 0 Å². The number of carbonyl (C=O) groups is 1. The smallest absolute Gasteiger partial charge is 0.253 e. The minimum Gasteiger partial charge on any atom is -0.497 e. The third-order valence-electron chi connectivity index (χ3n) is 7.26. The second kappa shape index (κ2) is 14.6. The van der Waals surface area contributed by atoms with Gasteiger partial charge < -0.3 is 24.3 Å². The first kappa shape index (κ1) is 30.0. The number of fused-ring (bicyclic) bond motifs is 1. The van der Waals surface area contributed by atoms with Crippen LogP contribution in [0.15, 0.2) is 97.5 Å². The number of aromatic nitrogens is 6. The van der Waals surface area contributed by atoms with E-state index >= 15 is 0 Å². The minimum absolute atomic E-state index is 0.220. The predicted octanol–water partition coefficient (Wildman–Crippen LogP) is 5.33. The maximum Gasteiger partial charge on any atom is 0.253 e. The Morgan fingerprint density at radius 1 is 0.886 bits per heavy atom. The van der Waals surface area contributed by atoms with Crippen LogP contribution in [0.5, 0.6) is 11.5 Å². The topological polar surface area (TPSA) is 120 Å². The standard InChI is InChI=1S/C25H26N6O3.C9H9N/c1-33-21-10-9-20(22(14-21)34-2)17-31-23(11-8-18-6-4-3-5-7-18)29-30-24(31)16-26-25(32)19-12-13-27-28-15-19;1-7-6-10-9-5-3-2-4-8(7)9/h3-7,9-10,12-15H,8,11,16-17H2,1-2H3,(H,26,32);2-6,10H,1H3. The number of ether oxygens (including phenoxy) is 2. The van der Waals surface area contributed by atoms with Gasteiger partial charge in [-0.1, -0.05) is 48.5 Å². The zero-order valence-electron chi connectivity index (χ0n) is 25.0. The SMILES string of the molecule is COc1ccc(Cn2c(CCc3ccccc3)nnc2CNC(=O)c2ccnnc2)c(OC)c1.Cc1c[nH]c2ccccc12. The molecule has 0 atom stereocenters. The molecule has 1 amide bonds. The van der Waals surface area contributed by atoms with Gasteiger partial charge in [-0.3, -0.25) is 4.79 Å². The lowest BCUT2D eigenvalue weighted by molar-refractivity contribution is 0.0949. The van der Waals surface area contributed by atoms with Crippen LogP contribution in [0, 0.1) is 6.92 Å². The molecule has 0 fully saturated rings. The Kier molecular flexibility index (Phi) is 9.94. The number of aromatic amines is 1. The lowest BCUT2D eigenvalue weighted by atomic mass is 10.1. The van der Waals surface area contributed by atoms with Gasteiger partial charge in [-0.15, -0.1) is 10.2 Å².